The van der Waals surface area contributed by atoms with Crippen LogP contribution in [0.4, 0.5) is 24.7 Å². The first-order valence-corrected chi connectivity index (χ1v) is 13.7. The predicted octanol–water partition coefficient (Wildman–Crippen LogP) is 4.34. The van der Waals surface area contributed by atoms with Crippen molar-refractivity contribution >= 4 is 33.5 Å². The van der Waals surface area contributed by atoms with Crippen LogP contribution in [-0.2, 0) is 27.8 Å². The third-order valence-corrected chi connectivity index (χ3v) is 7.64. The number of benzene rings is 1. The van der Waals surface area contributed by atoms with Crippen LogP contribution < -0.4 is 9.62 Å². The molecular formula is C26H32F3N5O6S. The summed E-state index contributed by atoms with van der Waals surface area (Å²) in [5, 5.41) is 21.4. The molecular weight excluding hydrogens is 567 g/mol. The van der Waals surface area contributed by atoms with E-state index in [4.69, 9.17) is 9.90 Å². The van der Waals surface area contributed by atoms with Crippen molar-refractivity contribution in [2.75, 3.05) is 23.2 Å². The van der Waals surface area contributed by atoms with Gasteiger partial charge in [-0.2, -0.15) is 18.3 Å². The first kappa shape index (κ1) is 33.1. The molecule has 3 rings (SSSR count). The van der Waals surface area contributed by atoms with E-state index >= 15 is 0 Å². The van der Waals surface area contributed by atoms with Gasteiger partial charge in [0.15, 0.2) is 0 Å². The number of hydrogen-bond acceptors (Lipinski definition) is 7. The molecule has 2 heterocycles. The minimum atomic E-state index is -5.08. The number of pyridine rings is 1. The highest BCUT2D eigenvalue weighted by atomic mass is 32.2. The molecule has 1 aromatic carbocycles. The fourth-order valence-electron chi connectivity index (χ4n) is 3.97. The molecule has 0 aliphatic heterocycles. The molecule has 0 saturated carbocycles. The lowest BCUT2D eigenvalue weighted by molar-refractivity contribution is -0.192. The van der Waals surface area contributed by atoms with E-state index in [1.54, 1.807) is 31.0 Å². The smallest absolute Gasteiger partial charge is 0.478 e. The van der Waals surface area contributed by atoms with Gasteiger partial charge in [-0.3, -0.25) is 9.40 Å². The highest BCUT2D eigenvalue weighted by Crippen LogP contribution is 2.25. The molecule has 0 aliphatic carbocycles. The van der Waals surface area contributed by atoms with Gasteiger partial charge in [0.2, 0.25) is 0 Å². The maximum Gasteiger partial charge on any atom is 0.490 e. The van der Waals surface area contributed by atoms with Gasteiger partial charge >= 0.3 is 18.1 Å². The fraction of sp³-hybridized carbons (Fsp3) is 0.385. The molecule has 11 nitrogen and oxygen atoms in total. The molecule has 2 aromatic heterocycles. The van der Waals surface area contributed by atoms with Crippen molar-refractivity contribution < 1.29 is 41.4 Å². The zero-order chi connectivity index (χ0) is 31.3. The zero-order valence-electron chi connectivity index (χ0n) is 23.4. The number of aryl methyl sites for hydroxylation is 4. The van der Waals surface area contributed by atoms with Gasteiger partial charge < -0.3 is 15.1 Å². The summed E-state index contributed by atoms with van der Waals surface area (Å²) < 4.78 is 62.0. The molecule has 0 bridgehead atoms. The van der Waals surface area contributed by atoms with Crippen LogP contribution >= 0.6 is 0 Å². The number of likely N-dealkylation sites (N-methyl/N-ethyl adjacent to an activating group) is 1. The van der Waals surface area contributed by atoms with Crippen LogP contribution in [0.15, 0.2) is 35.4 Å². The minimum absolute atomic E-state index is 0.0821. The maximum atomic E-state index is 12.9. The van der Waals surface area contributed by atoms with Gasteiger partial charge in [0, 0.05) is 25.8 Å². The highest BCUT2D eigenvalue weighted by Gasteiger charge is 2.38. The lowest BCUT2D eigenvalue weighted by Crippen LogP contribution is -2.24. The van der Waals surface area contributed by atoms with Crippen molar-refractivity contribution in [3.63, 3.8) is 0 Å². The van der Waals surface area contributed by atoms with E-state index in [2.05, 4.69) is 14.8 Å². The Morgan fingerprint density at radius 1 is 1.10 bits per heavy atom. The summed E-state index contributed by atoms with van der Waals surface area (Å²) in [6.07, 6.45) is -3.07. The normalized spacial score (nSPS) is 11.4. The molecule has 15 heteroatoms. The number of nitrogens with one attached hydrogen (secondary N) is 1. The predicted molar refractivity (Wildman–Crippen MR) is 146 cm³/mol. The van der Waals surface area contributed by atoms with Gasteiger partial charge in [0.05, 0.1) is 22.5 Å². The molecule has 0 radical (unpaired) electrons. The second kappa shape index (κ2) is 13.0. The van der Waals surface area contributed by atoms with E-state index in [1.807, 2.05) is 38.4 Å². The average Bonchev–Trinajstić information content (AvgIpc) is 3.15. The number of carboxylic acids is 2. The SMILES string of the molecule is CCn1nc(C)c(CCN(C)c2ncc(NS(=O)(=O)c3cc(C)ccc3C)cc2C(=O)O)c1C.O=C(O)C(F)(F)F. The summed E-state index contributed by atoms with van der Waals surface area (Å²) in [6.45, 7) is 10.9. The number of hydrogen-bond donors (Lipinski definition) is 3. The number of nitrogens with zero attached hydrogens (tertiary/aromatic N) is 4. The first-order valence-electron chi connectivity index (χ1n) is 12.3. The van der Waals surface area contributed by atoms with Gasteiger partial charge in [-0.05, 0) is 69.9 Å². The molecule has 3 N–H and O–H groups in total. The lowest BCUT2D eigenvalue weighted by atomic mass is 10.1. The minimum Gasteiger partial charge on any atom is -0.478 e. The van der Waals surface area contributed by atoms with Crippen molar-refractivity contribution in [1.82, 2.24) is 14.8 Å². The van der Waals surface area contributed by atoms with Crippen LogP contribution in [0.2, 0.25) is 0 Å². The van der Waals surface area contributed by atoms with E-state index in [0.717, 1.165) is 29.1 Å². The molecule has 0 saturated heterocycles. The van der Waals surface area contributed by atoms with E-state index in [9.17, 15) is 31.5 Å². The summed E-state index contributed by atoms with van der Waals surface area (Å²) >= 11 is 0. The molecule has 0 unspecified atom stereocenters. The van der Waals surface area contributed by atoms with Gasteiger partial charge in [-0.15, -0.1) is 0 Å². The van der Waals surface area contributed by atoms with Crippen LogP contribution in [-0.4, -0.2) is 65.1 Å². The molecule has 0 spiro atoms. The fourth-order valence-corrected chi connectivity index (χ4v) is 5.34. The van der Waals surface area contributed by atoms with Crippen molar-refractivity contribution in [2.45, 2.75) is 58.7 Å². The Bertz CT molecular complexity index is 1540. The summed E-state index contributed by atoms with van der Waals surface area (Å²) in [4.78, 5) is 27.1. The zero-order valence-corrected chi connectivity index (χ0v) is 24.2. The molecule has 0 fully saturated rings. The van der Waals surface area contributed by atoms with Crippen molar-refractivity contribution in [1.29, 1.82) is 0 Å². The van der Waals surface area contributed by atoms with Crippen LogP contribution in [0.25, 0.3) is 0 Å². The Morgan fingerprint density at radius 2 is 1.71 bits per heavy atom. The maximum absolute atomic E-state index is 12.9. The summed E-state index contributed by atoms with van der Waals surface area (Å²) in [5.74, 6) is -3.68. The Hall–Kier alpha value is -4.14. The third kappa shape index (κ3) is 8.42. The Balaban J connectivity index is 0.000000745. The quantitative estimate of drug-likeness (QED) is 0.326. The standard InChI is InChI=1S/C24H31N5O4S.C2HF3O2/c1-7-29-18(5)20(17(4)26-29)10-11-28(6)23-21(24(30)31)13-19(14-25-23)27-34(32,33)22-12-15(2)8-9-16(22)3;3-2(4,5)1(6)7/h8-9,12-14,27H,7,10-11H2,1-6H3,(H,30,31);(H,6,7). The topological polar surface area (TPSA) is 155 Å². The van der Waals surface area contributed by atoms with E-state index in [0.29, 0.717) is 18.5 Å². The monoisotopic (exact) mass is 599 g/mol. The summed E-state index contributed by atoms with van der Waals surface area (Å²) in [6, 6.07) is 6.45. The van der Waals surface area contributed by atoms with E-state index in [1.165, 1.54) is 12.3 Å². The first-order chi connectivity index (χ1) is 18.9. The molecule has 0 atom stereocenters. The summed E-state index contributed by atoms with van der Waals surface area (Å²) in [7, 11) is -2.14. The average molecular weight is 600 g/mol. The highest BCUT2D eigenvalue weighted by molar-refractivity contribution is 7.92. The number of halogens is 3. The number of aromatic nitrogens is 3. The number of carbonyl (C=O) groups is 2. The van der Waals surface area contributed by atoms with Crippen molar-refractivity contribution in [3.05, 3.63) is 64.1 Å². The number of aliphatic carboxylic acids is 1. The van der Waals surface area contributed by atoms with Gasteiger partial charge in [-0.25, -0.2) is 23.0 Å². The molecule has 0 amide bonds. The van der Waals surface area contributed by atoms with Gasteiger partial charge in [0.1, 0.15) is 11.4 Å². The second-order valence-electron chi connectivity index (χ2n) is 9.21. The van der Waals surface area contributed by atoms with Crippen LogP contribution in [0.1, 0.15) is 45.4 Å². The number of aromatic carboxylic acids is 1. The number of rotatable bonds is 9. The van der Waals surface area contributed by atoms with Gasteiger partial charge in [-0.1, -0.05) is 12.1 Å². The molecule has 41 heavy (non-hydrogen) atoms. The number of alkyl halides is 3. The Kier molecular flexibility index (Phi) is 10.5. The van der Waals surface area contributed by atoms with Crippen LogP contribution in [0, 0.1) is 27.7 Å². The lowest BCUT2D eigenvalue weighted by Gasteiger charge is -2.21. The van der Waals surface area contributed by atoms with Crippen molar-refractivity contribution in [3.8, 4) is 0 Å². The third-order valence-electron chi connectivity index (χ3n) is 6.11. The Labute approximate surface area is 235 Å². The number of sulfonamides is 1. The van der Waals surface area contributed by atoms with Gasteiger partial charge in [0.25, 0.3) is 10.0 Å². The molecule has 0 aliphatic rings. The van der Waals surface area contributed by atoms with Crippen LogP contribution in [0.3, 0.4) is 0 Å². The molecule has 3 aromatic rings. The van der Waals surface area contributed by atoms with E-state index < -0.39 is 28.1 Å². The van der Waals surface area contributed by atoms with E-state index in [-0.39, 0.29) is 22.0 Å². The Morgan fingerprint density at radius 3 is 2.22 bits per heavy atom. The number of anilines is 2. The summed E-state index contributed by atoms with van der Waals surface area (Å²) in [5.41, 5.74) is 4.59. The van der Waals surface area contributed by atoms with Crippen LogP contribution in [0.5, 0.6) is 0 Å². The number of carboxylic acid groups (broad SMARTS) is 2. The second-order valence-corrected chi connectivity index (χ2v) is 10.9. The molecule has 224 valence electrons. The largest absolute Gasteiger partial charge is 0.490 e. The van der Waals surface area contributed by atoms with Crippen molar-refractivity contribution in [2.24, 2.45) is 0 Å².